The van der Waals surface area contributed by atoms with Gasteiger partial charge in [-0.1, -0.05) is 18.2 Å². The first-order valence-corrected chi connectivity index (χ1v) is 7.44. The van der Waals surface area contributed by atoms with Crippen molar-refractivity contribution in [3.05, 3.63) is 59.5 Å². The highest BCUT2D eigenvalue weighted by atomic mass is 19.1. The van der Waals surface area contributed by atoms with Gasteiger partial charge in [0.05, 0.1) is 0 Å². The molecule has 1 aromatic carbocycles. The van der Waals surface area contributed by atoms with Crippen molar-refractivity contribution >= 4 is 11.6 Å². The highest BCUT2D eigenvalue weighted by Crippen LogP contribution is 2.29. The molecule has 116 valence electrons. The van der Waals surface area contributed by atoms with Gasteiger partial charge in [0, 0.05) is 30.8 Å². The van der Waals surface area contributed by atoms with E-state index in [9.17, 15) is 9.18 Å². The first-order chi connectivity index (χ1) is 11.2. The standard InChI is InChI=1S/C16H14FN5O/c17-14-4-2-1-3-13(14)12-5-7-21(10-12)16(23)11-6-8-22-15(9-11)18-19-20-22/h1-4,6,8-9,12H,5,7,10H2/t12-/m1/s1. The summed E-state index contributed by atoms with van der Waals surface area (Å²) in [5.74, 6) is -0.240. The third-order valence-corrected chi connectivity index (χ3v) is 4.27. The molecule has 3 heterocycles. The quantitative estimate of drug-likeness (QED) is 0.725. The van der Waals surface area contributed by atoms with Crippen LogP contribution in [0, 0.1) is 5.82 Å². The molecule has 1 aliphatic heterocycles. The monoisotopic (exact) mass is 311 g/mol. The number of hydrogen-bond donors (Lipinski definition) is 0. The molecule has 1 fully saturated rings. The van der Waals surface area contributed by atoms with E-state index < -0.39 is 0 Å². The number of halogens is 1. The second-order valence-electron chi connectivity index (χ2n) is 5.66. The molecule has 0 bridgehead atoms. The Morgan fingerprint density at radius 1 is 1.26 bits per heavy atom. The molecule has 0 unspecified atom stereocenters. The summed E-state index contributed by atoms with van der Waals surface area (Å²) in [6.45, 7) is 1.14. The van der Waals surface area contributed by atoms with Crippen LogP contribution < -0.4 is 0 Å². The molecule has 23 heavy (non-hydrogen) atoms. The van der Waals surface area contributed by atoms with Crippen molar-refractivity contribution in [3.63, 3.8) is 0 Å². The maximum absolute atomic E-state index is 13.9. The van der Waals surface area contributed by atoms with E-state index >= 15 is 0 Å². The van der Waals surface area contributed by atoms with Gasteiger partial charge in [-0.2, -0.15) is 0 Å². The molecule has 1 aliphatic rings. The van der Waals surface area contributed by atoms with Crippen molar-refractivity contribution in [1.29, 1.82) is 0 Å². The molecule has 3 aromatic rings. The topological polar surface area (TPSA) is 63.4 Å². The van der Waals surface area contributed by atoms with Gasteiger partial charge in [-0.3, -0.25) is 4.79 Å². The number of carbonyl (C=O) groups is 1. The number of benzene rings is 1. The summed E-state index contributed by atoms with van der Waals surface area (Å²) in [6.07, 6.45) is 2.42. The van der Waals surface area contributed by atoms with Crippen LogP contribution in [-0.4, -0.2) is 43.9 Å². The lowest BCUT2D eigenvalue weighted by molar-refractivity contribution is 0.0790. The van der Waals surface area contributed by atoms with E-state index in [2.05, 4.69) is 15.5 Å². The fraction of sp³-hybridized carbons (Fsp3) is 0.250. The molecule has 1 saturated heterocycles. The van der Waals surface area contributed by atoms with Gasteiger partial charge in [-0.25, -0.2) is 8.91 Å². The first kappa shape index (κ1) is 13.8. The third-order valence-electron chi connectivity index (χ3n) is 4.27. The van der Waals surface area contributed by atoms with E-state index in [1.807, 2.05) is 6.07 Å². The van der Waals surface area contributed by atoms with Crippen LogP contribution in [0.2, 0.25) is 0 Å². The van der Waals surface area contributed by atoms with Gasteiger partial charge < -0.3 is 4.90 Å². The number of pyridine rings is 1. The Labute approximate surface area is 131 Å². The number of aromatic nitrogens is 4. The minimum Gasteiger partial charge on any atom is -0.338 e. The molecule has 1 amide bonds. The summed E-state index contributed by atoms with van der Waals surface area (Å²) in [5.41, 5.74) is 1.75. The second kappa shape index (κ2) is 5.42. The minimum absolute atomic E-state index is 0.0404. The number of rotatable bonds is 2. The molecule has 0 radical (unpaired) electrons. The van der Waals surface area contributed by atoms with E-state index in [0.717, 1.165) is 6.42 Å². The van der Waals surface area contributed by atoms with Crippen LogP contribution >= 0.6 is 0 Å². The number of amides is 1. The van der Waals surface area contributed by atoms with E-state index in [1.54, 1.807) is 35.4 Å². The van der Waals surface area contributed by atoms with Gasteiger partial charge in [0.2, 0.25) is 0 Å². The maximum Gasteiger partial charge on any atom is 0.254 e. The summed E-state index contributed by atoms with van der Waals surface area (Å²) in [4.78, 5) is 14.4. The van der Waals surface area contributed by atoms with Crippen LogP contribution in [0.5, 0.6) is 0 Å². The van der Waals surface area contributed by atoms with Gasteiger partial charge in [-0.15, -0.1) is 5.10 Å². The molecule has 6 nitrogen and oxygen atoms in total. The Morgan fingerprint density at radius 2 is 2.13 bits per heavy atom. The molecule has 0 spiro atoms. The number of likely N-dealkylation sites (tertiary alicyclic amines) is 1. The van der Waals surface area contributed by atoms with Crippen molar-refractivity contribution in [1.82, 2.24) is 24.9 Å². The Kier molecular flexibility index (Phi) is 3.25. The summed E-state index contributed by atoms with van der Waals surface area (Å²) in [6, 6.07) is 10.1. The van der Waals surface area contributed by atoms with Crippen molar-refractivity contribution < 1.29 is 9.18 Å². The van der Waals surface area contributed by atoms with E-state index in [0.29, 0.717) is 29.9 Å². The Balaban J connectivity index is 1.55. The Morgan fingerprint density at radius 3 is 3.00 bits per heavy atom. The van der Waals surface area contributed by atoms with Crippen molar-refractivity contribution in [3.8, 4) is 0 Å². The van der Waals surface area contributed by atoms with Gasteiger partial charge >= 0.3 is 0 Å². The SMILES string of the molecule is O=C(c1ccn2nnnc2c1)N1CC[C@@H](c2ccccc2F)C1. The average Bonchev–Trinajstić information content (AvgIpc) is 3.23. The van der Waals surface area contributed by atoms with Gasteiger partial charge in [0.1, 0.15) is 5.82 Å². The molecule has 0 aliphatic carbocycles. The summed E-state index contributed by atoms with van der Waals surface area (Å²) >= 11 is 0. The van der Waals surface area contributed by atoms with Crippen LogP contribution in [0.15, 0.2) is 42.6 Å². The molecule has 2 aromatic heterocycles. The fourth-order valence-electron chi connectivity index (χ4n) is 3.06. The maximum atomic E-state index is 13.9. The minimum atomic E-state index is -0.206. The molecule has 1 atom stereocenters. The molecule has 7 heteroatoms. The van der Waals surface area contributed by atoms with Crippen LogP contribution in [0.3, 0.4) is 0 Å². The zero-order chi connectivity index (χ0) is 15.8. The second-order valence-corrected chi connectivity index (χ2v) is 5.66. The zero-order valence-corrected chi connectivity index (χ0v) is 12.3. The summed E-state index contributed by atoms with van der Waals surface area (Å²) in [7, 11) is 0. The van der Waals surface area contributed by atoms with Crippen molar-refractivity contribution in [2.75, 3.05) is 13.1 Å². The average molecular weight is 311 g/mol. The largest absolute Gasteiger partial charge is 0.338 e. The number of tetrazole rings is 1. The van der Waals surface area contributed by atoms with Crippen LogP contribution in [-0.2, 0) is 0 Å². The van der Waals surface area contributed by atoms with Crippen molar-refractivity contribution in [2.45, 2.75) is 12.3 Å². The first-order valence-electron chi connectivity index (χ1n) is 7.44. The number of carbonyl (C=O) groups excluding carboxylic acids is 1. The fourth-order valence-corrected chi connectivity index (χ4v) is 3.06. The highest BCUT2D eigenvalue weighted by Gasteiger charge is 2.29. The molecular weight excluding hydrogens is 297 g/mol. The summed E-state index contributed by atoms with van der Waals surface area (Å²) < 4.78 is 15.4. The lowest BCUT2D eigenvalue weighted by Gasteiger charge is -2.17. The zero-order valence-electron chi connectivity index (χ0n) is 12.3. The van der Waals surface area contributed by atoms with Gasteiger partial charge in [-0.05, 0) is 40.6 Å². The van der Waals surface area contributed by atoms with Crippen LogP contribution in [0.4, 0.5) is 4.39 Å². The van der Waals surface area contributed by atoms with Crippen molar-refractivity contribution in [2.24, 2.45) is 0 Å². The normalized spacial score (nSPS) is 17.8. The van der Waals surface area contributed by atoms with E-state index in [1.165, 1.54) is 10.6 Å². The molecule has 4 rings (SSSR count). The smallest absolute Gasteiger partial charge is 0.254 e. The summed E-state index contributed by atoms with van der Waals surface area (Å²) in [5, 5.41) is 11.2. The Hall–Kier alpha value is -2.83. The molecular formula is C16H14FN5O. The lowest BCUT2D eigenvalue weighted by atomic mass is 9.98. The van der Waals surface area contributed by atoms with Crippen LogP contribution in [0.1, 0.15) is 28.3 Å². The molecule has 0 saturated carbocycles. The lowest BCUT2D eigenvalue weighted by Crippen LogP contribution is -2.28. The van der Waals surface area contributed by atoms with Crippen LogP contribution in [0.25, 0.3) is 5.65 Å². The van der Waals surface area contributed by atoms with E-state index in [4.69, 9.17) is 0 Å². The highest BCUT2D eigenvalue weighted by molar-refractivity contribution is 5.95. The van der Waals surface area contributed by atoms with E-state index in [-0.39, 0.29) is 17.6 Å². The predicted octanol–water partition coefficient (Wildman–Crippen LogP) is 1.89. The third kappa shape index (κ3) is 2.44. The number of hydrogen-bond acceptors (Lipinski definition) is 4. The van der Waals surface area contributed by atoms with Gasteiger partial charge in [0.25, 0.3) is 5.91 Å². The molecule has 0 N–H and O–H groups in total. The number of nitrogens with zero attached hydrogens (tertiary/aromatic N) is 5. The predicted molar refractivity (Wildman–Crippen MR) is 80.4 cm³/mol. The number of fused-ring (bicyclic) bond motifs is 1. The van der Waals surface area contributed by atoms with Gasteiger partial charge in [0.15, 0.2) is 5.65 Å². The Bertz CT molecular complexity index is 878.